The maximum Gasteiger partial charge on any atom is 0.294 e. The molecule has 12 heavy (non-hydrogen) atoms. The average molecular weight is 189 g/mol. The SMILES string of the molecule is O=S(=O)(O)c1cccc(NO)c1. The molecule has 0 aromatic heterocycles. The molecule has 1 rings (SSSR count). The van der Waals surface area contributed by atoms with Gasteiger partial charge in [0.2, 0.25) is 0 Å². The van der Waals surface area contributed by atoms with E-state index in [4.69, 9.17) is 9.76 Å². The molecule has 1 aromatic rings. The maximum atomic E-state index is 10.5. The van der Waals surface area contributed by atoms with Crippen molar-refractivity contribution in [1.29, 1.82) is 0 Å². The highest BCUT2D eigenvalue weighted by atomic mass is 32.2. The van der Waals surface area contributed by atoms with Crippen LogP contribution in [-0.2, 0) is 10.1 Å². The molecular formula is C6H7NO4S. The Bertz CT molecular complexity index is 373. The van der Waals surface area contributed by atoms with Crippen LogP contribution >= 0.6 is 0 Å². The molecule has 6 heteroatoms. The Morgan fingerprint density at radius 1 is 1.33 bits per heavy atom. The molecular weight excluding hydrogens is 182 g/mol. The van der Waals surface area contributed by atoms with E-state index in [2.05, 4.69) is 0 Å². The van der Waals surface area contributed by atoms with Gasteiger partial charge in [-0.3, -0.25) is 15.2 Å². The van der Waals surface area contributed by atoms with Crippen LogP contribution < -0.4 is 5.48 Å². The predicted octanol–water partition coefficient (Wildman–Crippen LogP) is 0.734. The van der Waals surface area contributed by atoms with Gasteiger partial charge in [0.25, 0.3) is 10.1 Å². The van der Waals surface area contributed by atoms with Crippen molar-refractivity contribution in [3.63, 3.8) is 0 Å². The normalized spacial score (nSPS) is 11.2. The van der Waals surface area contributed by atoms with E-state index in [1.54, 1.807) is 5.48 Å². The summed E-state index contributed by atoms with van der Waals surface area (Å²) in [6.07, 6.45) is 0. The van der Waals surface area contributed by atoms with E-state index in [0.717, 1.165) is 6.07 Å². The summed E-state index contributed by atoms with van der Waals surface area (Å²) in [5.41, 5.74) is 1.96. The van der Waals surface area contributed by atoms with Crippen LogP contribution in [0.2, 0.25) is 0 Å². The predicted molar refractivity (Wildman–Crippen MR) is 41.7 cm³/mol. The van der Waals surface area contributed by atoms with Crippen LogP contribution in [0.4, 0.5) is 5.69 Å². The summed E-state index contributed by atoms with van der Waals surface area (Å²) in [6, 6.07) is 5.17. The van der Waals surface area contributed by atoms with E-state index in [-0.39, 0.29) is 10.6 Å². The summed E-state index contributed by atoms with van der Waals surface area (Å²) in [7, 11) is -4.19. The van der Waals surface area contributed by atoms with E-state index in [0.29, 0.717) is 0 Å². The molecule has 0 aliphatic heterocycles. The molecule has 0 aliphatic rings. The Morgan fingerprint density at radius 2 is 2.00 bits per heavy atom. The van der Waals surface area contributed by atoms with Crippen molar-refractivity contribution < 1.29 is 18.2 Å². The van der Waals surface area contributed by atoms with Crippen molar-refractivity contribution in [3.05, 3.63) is 24.3 Å². The fraction of sp³-hybridized carbons (Fsp3) is 0. The van der Waals surface area contributed by atoms with Crippen LogP contribution in [-0.4, -0.2) is 18.2 Å². The standard InChI is InChI=1S/C6H7NO4S/c8-7-5-2-1-3-6(4-5)12(9,10)11/h1-4,7-8H,(H,9,10,11). The Hall–Kier alpha value is -1.11. The molecule has 0 spiro atoms. The van der Waals surface area contributed by atoms with E-state index >= 15 is 0 Å². The summed E-state index contributed by atoms with van der Waals surface area (Å²) in [5, 5.41) is 8.40. The Morgan fingerprint density at radius 3 is 2.50 bits per heavy atom. The van der Waals surface area contributed by atoms with Crippen LogP contribution in [0.1, 0.15) is 0 Å². The van der Waals surface area contributed by atoms with Crippen LogP contribution in [0.3, 0.4) is 0 Å². The number of benzene rings is 1. The molecule has 0 bridgehead atoms. The minimum Gasteiger partial charge on any atom is -0.291 e. The van der Waals surface area contributed by atoms with Gasteiger partial charge in [-0.1, -0.05) is 6.07 Å². The van der Waals surface area contributed by atoms with Gasteiger partial charge in [-0.05, 0) is 18.2 Å². The first-order chi connectivity index (χ1) is 5.54. The van der Waals surface area contributed by atoms with Gasteiger partial charge in [0, 0.05) is 0 Å². The lowest BCUT2D eigenvalue weighted by molar-refractivity contribution is 0.388. The molecule has 5 nitrogen and oxygen atoms in total. The third-order valence-electron chi connectivity index (χ3n) is 1.26. The smallest absolute Gasteiger partial charge is 0.291 e. The fourth-order valence-corrected chi connectivity index (χ4v) is 1.25. The van der Waals surface area contributed by atoms with Crippen LogP contribution in [0, 0.1) is 0 Å². The first-order valence-electron chi connectivity index (χ1n) is 3.02. The maximum absolute atomic E-state index is 10.5. The molecule has 1 aromatic carbocycles. The van der Waals surface area contributed by atoms with Crippen LogP contribution in [0.25, 0.3) is 0 Å². The number of anilines is 1. The van der Waals surface area contributed by atoms with Crippen molar-refractivity contribution in [3.8, 4) is 0 Å². The fourth-order valence-electron chi connectivity index (χ4n) is 0.726. The third kappa shape index (κ3) is 1.94. The summed E-state index contributed by atoms with van der Waals surface area (Å²) < 4.78 is 29.7. The largest absolute Gasteiger partial charge is 0.294 e. The van der Waals surface area contributed by atoms with Crippen molar-refractivity contribution >= 4 is 15.8 Å². The second kappa shape index (κ2) is 3.10. The van der Waals surface area contributed by atoms with Gasteiger partial charge in [0.1, 0.15) is 0 Å². The second-order valence-electron chi connectivity index (χ2n) is 2.11. The molecule has 66 valence electrons. The highest BCUT2D eigenvalue weighted by Gasteiger charge is 2.08. The highest BCUT2D eigenvalue weighted by molar-refractivity contribution is 7.85. The summed E-state index contributed by atoms with van der Waals surface area (Å²) in [5.74, 6) is 0. The highest BCUT2D eigenvalue weighted by Crippen LogP contribution is 2.13. The minimum atomic E-state index is -4.19. The van der Waals surface area contributed by atoms with Gasteiger partial charge in [-0.15, -0.1) is 0 Å². The van der Waals surface area contributed by atoms with Gasteiger partial charge in [0.15, 0.2) is 0 Å². The molecule has 0 amide bonds. The second-order valence-corrected chi connectivity index (χ2v) is 3.54. The van der Waals surface area contributed by atoms with Gasteiger partial charge >= 0.3 is 0 Å². The molecule has 0 aliphatic carbocycles. The van der Waals surface area contributed by atoms with Gasteiger partial charge in [0.05, 0.1) is 10.6 Å². The molecule has 0 saturated carbocycles. The zero-order chi connectivity index (χ0) is 9.19. The molecule has 0 atom stereocenters. The molecule has 0 radical (unpaired) electrons. The van der Waals surface area contributed by atoms with Crippen molar-refractivity contribution in [1.82, 2.24) is 0 Å². The summed E-state index contributed by atoms with van der Waals surface area (Å²) in [4.78, 5) is -0.262. The van der Waals surface area contributed by atoms with Gasteiger partial charge in [-0.25, -0.2) is 0 Å². The first kappa shape index (κ1) is 8.98. The molecule has 3 N–H and O–H groups in total. The molecule has 0 heterocycles. The Labute approximate surface area is 69.4 Å². The third-order valence-corrected chi connectivity index (χ3v) is 2.11. The molecule has 0 saturated heterocycles. The number of hydrogen-bond acceptors (Lipinski definition) is 4. The minimum absolute atomic E-state index is 0.199. The quantitative estimate of drug-likeness (QED) is 0.471. The van der Waals surface area contributed by atoms with Gasteiger partial charge in [-0.2, -0.15) is 8.42 Å². The van der Waals surface area contributed by atoms with Crippen LogP contribution in [0.15, 0.2) is 29.2 Å². The van der Waals surface area contributed by atoms with E-state index in [1.807, 2.05) is 0 Å². The van der Waals surface area contributed by atoms with Crippen LogP contribution in [0.5, 0.6) is 0 Å². The van der Waals surface area contributed by atoms with E-state index < -0.39 is 10.1 Å². The van der Waals surface area contributed by atoms with E-state index in [9.17, 15) is 8.42 Å². The zero-order valence-corrected chi connectivity index (χ0v) is 6.75. The Balaban J connectivity index is 3.20. The van der Waals surface area contributed by atoms with Crippen molar-refractivity contribution in [2.45, 2.75) is 4.90 Å². The monoisotopic (exact) mass is 189 g/mol. The average Bonchev–Trinajstić information content (AvgIpc) is 2.03. The van der Waals surface area contributed by atoms with Gasteiger partial charge < -0.3 is 0 Å². The molecule has 0 fully saturated rings. The van der Waals surface area contributed by atoms with Crippen molar-refractivity contribution in [2.75, 3.05) is 5.48 Å². The number of nitrogens with one attached hydrogen (secondary N) is 1. The van der Waals surface area contributed by atoms with Crippen molar-refractivity contribution in [2.24, 2.45) is 0 Å². The lowest BCUT2D eigenvalue weighted by Crippen LogP contribution is -1.99. The topological polar surface area (TPSA) is 86.6 Å². The lowest BCUT2D eigenvalue weighted by atomic mass is 10.3. The Kier molecular flexibility index (Phi) is 2.32. The summed E-state index contributed by atoms with van der Waals surface area (Å²) in [6.45, 7) is 0. The zero-order valence-electron chi connectivity index (χ0n) is 5.93. The number of rotatable bonds is 2. The lowest BCUT2D eigenvalue weighted by Gasteiger charge is -1.99. The summed E-state index contributed by atoms with van der Waals surface area (Å²) >= 11 is 0. The number of hydrogen-bond donors (Lipinski definition) is 3. The van der Waals surface area contributed by atoms with E-state index in [1.165, 1.54) is 18.2 Å². The molecule has 0 unspecified atom stereocenters. The first-order valence-corrected chi connectivity index (χ1v) is 4.46.